The summed E-state index contributed by atoms with van der Waals surface area (Å²) in [7, 11) is 0. The van der Waals surface area contributed by atoms with E-state index in [-0.39, 0.29) is 24.4 Å². The van der Waals surface area contributed by atoms with Gasteiger partial charge < -0.3 is 10.2 Å². The van der Waals surface area contributed by atoms with Gasteiger partial charge in [-0.05, 0) is 30.0 Å². The molecule has 25 heavy (non-hydrogen) atoms. The van der Waals surface area contributed by atoms with Gasteiger partial charge in [0.2, 0.25) is 11.8 Å². The summed E-state index contributed by atoms with van der Waals surface area (Å²) in [6.07, 6.45) is 0. The van der Waals surface area contributed by atoms with E-state index in [0.717, 1.165) is 16.8 Å². The highest BCUT2D eigenvalue weighted by Crippen LogP contribution is 2.24. The van der Waals surface area contributed by atoms with Crippen LogP contribution in [-0.4, -0.2) is 23.3 Å². The van der Waals surface area contributed by atoms with E-state index in [2.05, 4.69) is 19.2 Å². The molecule has 132 valence electrons. The van der Waals surface area contributed by atoms with Crippen LogP contribution in [0.15, 0.2) is 54.6 Å². The molecule has 0 aliphatic rings. The zero-order valence-electron chi connectivity index (χ0n) is 15.3. The normalized spacial score (nSPS) is 11.9. The first-order valence-electron chi connectivity index (χ1n) is 8.61. The van der Waals surface area contributed by atoms with Gasteiger partial charge in [-0.3, -0.25) is 9.59 Å². The lowest BCUT2D eigenvalue weighted by molar-refractivity contribution is -0.134. The number of para-hydroxylation sites is 1. The molecule has 0 saturated heterocycles. The Balaban J connectivity index is 2.13. The highest BCUT2D eigenvalue weighted by atomic mass is 16.2. The Morgan fingerprint density at radius 2 is 1.56 bits per heavy atom. The van der Waals surface area contributed by atoms with Crippen LogP contribution < -0.4 is 5.32 Å². The topological polar surface area (TPSA) is 49.4 Å². The molecule has 0 aliphatic carbocycles. The molecular weight excluding hydrogens is 312 g/mol. The maximum absolute atomic E-state index is 12.5. The summed E-state index contributed by atoms with van der Waals surface area (Å²) >= 11 is 0. The smallest absolute Gasteiger partial charge is 0.244 e. The van der Waals surface area contributed by atoms with Crippen molar-refractivity contribution in [2.45, 2.75) is 39.7 Å². The predicted octanol–water partition coefficient (Wildman–Crippen LogP) is 4.36. The SMILES string of the molecule is CC(=O)N(CC(=O)Nc1ccccc1C(C)C)C(C)c1ccccc1. The van der Waals surface area contributed by atoms with E-state index in [1.807, 2.05) is 61.5 Å². The average Bonchev–Trinajstić information content (AvgIpc) is 2.60. The lowest BCUT2D eigenvalue weighted by Gasteiger charge is -2.28. The van der Waals surface area contributed by atoms with E-state index in [0.29, 0.717) is 5.92 Å². The van der Waals surface area contributed by atoms with Crippen LogP contribution in [0.3, 0.4) is 0 Å². The molecule has 0 bridgehead atoms. The number of hydrogen-bond acceptors (Lipinski definition) is 2. The van der Waals surface area contributed by atoms with E-state index >= 15 is 0 Å². The Labute approximate surface area is 149 Å². The maximum Gasteiger partial charge on any atom is 0.244 e. The van der Waals surface area contributed by atoms with Gasteiger partial charge in [-0.2, -0.15) is 0 Å². The first kappa shape index (κ1) is 18.7. The zero-order chi connectivity index (χ0) is 18.4. The number of benzene rings is 2. The van der Waals surface area contributed by atoms with Crippen LogP contribution in [0.1, 0.15) is 50.8 Å². The molecule has 1 N–H and O–H groups in total. The number of nitrogens with zero attached hydrogens (tertiary/aromatic N) is 1. The Morgan fingerprint density at radius 3 is 2.16 bits per heavy atom. The monoisotopic (exact) mass is 338 g/mol. The Kier molecular flexibility index (Phi) is 6.34. The standard InChI is InChI=1S/C21H26N2O2/c1-15(2)19-12-8-9-13-20(19)22-21(25)14-23(17(4)24)16(3)18-10-6-5-7-11-18/h5-13,15-16H,14H2,1-4H3,(H,22,25). The van der Waals surface area contributed by atoms with Gasteiger partial charge in [-0.1, -0.05) is 62.4 Å². The molecular formula is C21H26N2O2. The van der Waals surface area contributed by atoms with Gasteiger partial charge in [0, 0.05) is 12.6 Å². The molecule has 0 fully saturated rings. The van der Waals surface area contributed by atoms with Crippen LogP contribution in [0.5, 0.6) is 0 Å². The van der Waals surface area contributed by atoms with Crippen LogP contribution in [0.2, 0.25) is 0 Å². The second-order valence-electron chi connectivity index (χ2n) is 6.52. The fourth-order valence-corrected chi connectivity index (χ4v) is 2.89. The molecule has 0 aliphatic heterocycles. The molecule has 0 aromatic heterocycles. The van der Waals surface area contributed by atoms with Crippen molar-refractivity contribution < 1.29 is 9.59 Å². The van der Waals surface area contributed by atoms with Gasteiger partial charge in [-0.15, -0.1) is 0 Å². The number of nitrogens with one attached hydrogen (secondary N) is 1. The van der Waals surface area contributed by atoms with Crippen molar-refractivity contribution in [2.24, 2.45) is 0 Å². The first-order valence-corrected chi connectivity index (χ1v) is 8.61. The lowest BCUT2D eigenvalue weighted by atomic mass is 10.0. The van der Waals surface area contributed by atoms with Crippen LogP contribution >= 0.6 is 0 Å². The highest BCUT2D eigenvalue weighted by molar-refractivity contribution is 5.95. The van der Waals surface area contributed by atoms with Crippen LogP contribution in [0.25, 0.3) is 0 Å². The molecule has 1 atom stereocenters. The van der Waals surface area contributed by atoms with Gasteiger partial charge in [0.1, 0.15) is 6.54 Å². The van der Waals surface area contributed by atoms with Crippen molar-refractivity contribution in [3.63, 3.8) is 0 Å². The highest BCUT2D eigenvalue weighted by Gasteiger charge is 2.21. The Bertz CT molecular complexity index is 726. The first-order chi connectivity index (χ1) is 11.9. The summed E-state index contributed by atoms with van der Waals surface area (Å²) in [6.45, 7) is 7.63. The largest absolute Gasteiger partial charge is 0.327 e. The van der Waals surface area contributed by atoms with Crippen molar-refractivity contribution in [3.05, 3.63) is 65.7 Å². The van der Waals surface area contributed by atoms with Gasteiger partial charge in [0.25, 0.3) is 0 Å². The molecule has 0 heterocycles. The molecule has 0 radical (unpaired) electrons. The summed E-state index contributed by atoms with van der Waals surface area (Å²) in [5.41, 5.74) is 2.90. The Morgan fingerprint density at radius 1 is 0.960 bits per heavy atom. The maximum atomic E-state index is 12.5. The van der Waals surface area contributed by atoms with Crippen LogP contribution in [0.4, 0.5) is 5.69 Å². The molecule has 4 heteroatoms. The summed E-state index contributed by atoms with van der Waals surface area (Å²) in [4.78, 5) is 26.2. The van der Waals surface area contributed by atoms with Crippen molar-refractivity contribution in [3.8, 4) is 0 Å². The summed E-state index contributed by atoms with van der Waals surface area (Å²) in [5, 5.41) is 2.95. The third-order valence-electron chi connectivity index (χ3n) is 4.32. The van der Waals surface area contributed by atoms with E-state index < -0.39 is 0 Å². The molecule has 2 aromatic carbocycles. The second-order valence-corrected chi connectivity index (χ2v) is 6.52. The molecule has 0 saturated carbocycles. The van der Waals surface area contributed by atoms with Gasteiger partial charge in [-0.25, -0.2) is 0 Å². The quantitative estimate of drug-likeness (QED) is 0.851. The van der Waals surface area contributed by atoms with Gasteiger partial charge >= 0.3 is 0 Å². The number of amides is 2. The van der Waals surface area contributed by atoms with Gasteiger partial charge in [0.15, 0.2) is 0 Å². The summed E-state index contributed by atoms with van der Waals surface area (Å²) < 4.78 is 0. The number of carbonyl (C=O) groups excluding carboxylic acids is 2. The second kappa shape index (κ2) is 8.47. The van der Waals surface area contributed by atoms with Gasteiger partial charge in [0.05, 0.1) is 6.04 Å². The molecule has 4 nitrogen and oxygen atoms in total. The third kappa shape index (κ3) is 4.92. The number of rotatable bonds is 6. The van der Waals surface area contributed by atoms with E-state index in [1.54, 1.807) is 4.90 Å². The number of carbonyl (C=O) groups is 2. The van der Waals surface area contributed by atoms with Crippen molar-refractivity contribution in [1.82, 2.24) is 4.90 Å². The summed E-state index contributed by atoms with van der Waals surface area (Å²) in [5.74, 6) is -0.00150. The Hall–Kier alpha value is -2.62. The molecule has 1 unspecified atom stereocenters. The van der Waals surface area contributed by atoms with E-state index in [4.69, 9.17) is 0 Å². The van der Waals surface area contributed by atoms with Crippen molar-refractivity contribution in [2.75, 3.05) is 11.9 Å². The predicted molar refractivity (Wildman–Crippen MR) is 101 cm³/mol. The molecule has 0 spiro atoms. The van der Waals surface area contributed by atoms with Crippen molar-refractivity contribution >= 4 is 17.5 Å². The minimum atomic E-state index is -0.189. The van der Waals surface area contributed by atoms with Crippen molar-refractivity contribution in [1.29, 1.82) is 0 Å². The fourth-order valence-electron chi connectivity index (χ4n) is 2.89. The third-order valence-corrected chi connectivity index (χ3v) is 4.32. The minimum Gasteiger partial charge on any atom is -0.327 e. The zero-order valence-corrected chi connectivity index (χ0v) is 15.3. The van der Waals surface area contributed by atoms with E-state index in [1.165, 1.54) is 6.92 Å². The lowest BCUT2D eigenvalue weighted by Crippen LogP contribution is -2.38. The fraction of sp³-hybridized carbons (Fsp3) is 0.333. The minimum absolute atomic E-state index is 0.0256. The number of anilines is 1. The summed E-state index contributed by atoms with van der Waals surface area (Å²) in [6, 6.07) is 17.3. The average molecular weight is 338 g/mol. The molecule has 2 rings (SSSR count). The molecule has 2 aromatic rings. The number of hydrogen-bond donors (Lipinski definition) is 1. The van der Waals surface area contributed by atoms with Crippen LogP contribution in [0, 0.1) is 0 Å². The van der Waals surface area contributed by atoms with Crippen LogP contribution in [-0.2, 0) is 9.59 Å². The molecule has 2 amide bonds. The van der Waals surface area contributed by atoms with E-state index in [9.17, 15) is 9.59 Å².